The maximum absolute atomic E-state index is 14.3. The normalized spacial score (nSPS) is 26.4. The van der Waals surface area contributed by atoms with Crippen molar-refractivity contribution < 1.29 is 24.2 Å². The molecule has 2 heterocycles. The Labute approximate surface area is 226 Å². The lowest BCUT2D eigenvalue weighted by molar-refractivity contribution is -0.154. The van der Waals surface area contributed by atoms with Gasteiger partial charge in [0.2, 0.25) is 0 Å². The van der Waals surface area contributed by atoms with Crippen LogP contribution in [0.4, 0.5) is 4.39 Å². The minimum Gasteiger partial charge on any atom is -0.380 e. The molecular weight excluding hydrogens is 505 g/mol. The molecule has 1 saturated carbocycles. The van der Waals surface area contributed by atoms with Crippen LogP contribution in [0.1, 0.15) is 48.4 Å². The molecule has 7 nitrogen and oxygen atoms in total. The maximum Gasteiger partial charge on any atom is 0.255 e. The summed E-state index contributed by atoms with van der Waals surface area (Å²) >= 11 is 1.40. The number of nitrogens with zero attached hydrogens (tertiary/aromatic N) is 2. The lowest BCUT2D eigenvalue weighted by Crippen LogP contribution is -2.53. The van der Waals surface area contributed by atoms with Crippen LogP contribution in [0.2, 0.25) is 0 Å². The van der Waals surface area contributed by atoms with Crippen molar-refractivity contribution in [3.05, 3.63) is 75.8 Å². The number of hydrogen-bond acceptors (Lipinski definition) is 6. The molecule has 1 aliphatic heterocycles. The molecule has 1 aromatic carbocycles. The molecule has 6 atom stereocenters. The summed E-state index contributed by atoms with van der Waals surface area (Å²) in [7, 11) is 0. The molecule has 0 radical (unpaired) electrons. The molecule has 2 aromatic rings. The molecular formula is C29H34FN3O4S. The van der Waals surface area contributed by atoms with Crippen molar-refractivity contribution in [2.24, 2.45) is 11.8 Å². The van der Waals surface area contributed by atoms with Gasteiger partial charge in [-0.15, -0.1) is 11.3 Å². The van der Waals surface area contributed by atoms with Gasteiger partial charge < -0.3 is 20.4 Å². The van der Waals surface area contributed by atoms with Crippen molar-refractivity contribution in [3.63, 3.8) is 0 Å². The molecule has 0 spiro atoms. The SMILES string of the molecule is O=C(NCc1nc(Cc2ccccc2)cs1)[C@H](O)[C@@H](O)C(=O)N1CC2CC=CC=C2[C@@H]1C1CCCC(F)C1. The van der Waals surface area contributed by atoms with E-state index < -0.39 is 30.2 Å². The van der Waals surface area contributed by atoms with Crippen LogP contribution >= 0.6 is 11.3 Å². The van der Waals surface area contributed by atoms with Crippen LogP contribution in [-0.2, 0) is 22.6 Å². The van der Waals surface area contributed by atoms with Crippen molar-refractivity contribution in [1.82, 2.24) is 15.2 Å². The van der Waals surface area contributed by atoms with E-state index in [1.54, 1.807) is 4.90 Å². The number of likely N-dealkylation sites (tertiary alicyclic amines) is 1. The molecule has 2 aliphatic carbocycles. The summed E-state index contributed by atoms with van der Waals surface area (Å²) in [5, 5.41) is 26.5. The van der Waals surface area contributed by atoms with Gasteiger partial charge in [-0.3, -0.25) is 9.59 Å². The van der Waals surface area contributed by atoms with Gasteiger partial charge in [0.1, 0.15) is 11.2 Å². The largest absolute Gasteiger partial charge is 0.380 e. The first-order valence-corrected chi connectivity index (χ1v) is 14.2. The van der Waals surface area contributed by atoms with E-state index in [-0.39, 0.29) is 24.4 Å². The van der Waals surface area contributed by atoms with Crippen LogP contribution in [-0.4, -0.2) is 62.9 Å². The number of aliphatic hydroxyl groups excluding tert-OH is 2. The Bertz CT molecular complexity index is 1200. The van der Waals surface area contributed by atoms with E-state index in [0.29, 0.717) is 30.8 Å². The van der Waals surface area contributed by atoms with Crippen molar-refractivity contribution in [2.75, 3.05) is 6.54 Å². The zero-order chi connectivity index (χ0) is 26.6. The van der Waals surface area contributed by atoms with E-state index in [1.165, 1.54) is 11.3 Å². The Morgan fingerprint density at radius 2 is 2.00 bits per heavy atom. The fourth-order valence-corrected chi connectivity index (χ4v) is 6.72. The summed E-state index contributed by atoms with van der Waals surface area (Å²) in [6.45, 7) is 0.477. The van der Waals surface area contributed by atoms with Gasteiger partial charge in [0.15, 0.2) is 12.2 Å². The highest BCUT2D eigenvalue weighted by Gasteiger charge is 2.47. The Balaban J connectivity index is 1.20. The standard InChI is InChI=1S/C29H34FN3O4S/c30-21-11-6-10-19(14-21)25-23-12-5-4-9-20(23)16-33(25)29(37)27(35)26(34)28(36)31-15-24-32-22(17-38-24)13-18-7-2-1-3-8-18/h1-5,7-8,12,17,19-21,25-27,34-35H,6,9-11,13-16H2,(H,31,36)/t19?,20?,21?,25-,26+,27+/m0/s1. The maximum atomic E-state index is 14.3. The second-order valence-corrected chi connectivity index (χ2v) is 11.4. The first-order valence-electron chi connectivity index (χ1n) is 13.3. The summed E-state index contributed by atoms with van der Waals surface area (Å²) in [5.41, 5.74) is 3.10. The molecule has 5 rings (SSSR count). The number of nitrogens with one attached hydrogen (secondary N) is 1. The van der Waals surface area contributed by atoms with Crippen LogP contribution in [0.15, 0.2) is 59.5 Å². The van der Waals surface area contributed by atoms with Crippen molar-refractivity contribution in [1.29, 1.82) is 0 Å². The van der Waals surface area contributed by atoms with Gasteiger partial charge in [-0.2, -0.15) is 0 Å². The number of fused-ring (bicyclic) bond motifs is 1. The molecule has 2 fully saturated rings. The Morgan fingerprint density at radius 3 is 2.79 bits per heavy atom. The zero-order valence-corrected chi connectivity index (χ0v) is 22.0. The average molecular weight is 540 g/mol. The molecule has 2 amide bonds. The van der Waals surface area contributed by atoms with Crippen molar-refractivity contribution in [3.8, 4) is 0 Å². The molecule has 38 heavy (non-hydrogen) atoms. The number of carbonyl (C=O) groups is 2. The molecule has 9 heteroatoms. The van der Waals surface area contributed by atoms with E-state index in [9.17, 15) is 24.2 Å². The number of carbonyl (C=O) groups excluding carboxylic acids is 2. The molecule has 1 saturated heterocycles. The second-order valence-electron chi connectivity index (χ2n) is 10.5. The number of halogens is 1. The number of rotatable bonds is 8. The summed E-state index contributed by atoms with van der Waals surface area (Å²) in [5.74, 6) is -1.45. The van der Waals surface area contributed by atoms with Gasteiger partial charge in [-0.1, -0.05) is 55.0 Å². The first-order chi connectivity index (χ1) is 18.4. The number of aliphatic hydroxyl groups is 2. The topological polar surface area (TPSA) is 103 Å². The van der Waals surface area contributed by atoms with Gasteiger partial charge in [-0.25, -0.2) is 9.37 Å². The average Bonchev–Trinajstić information content (AvgIpc) is 3.55. The van der Waals surface area contributed by atoms with Gasteiger partial charge in [0.05, 0.1) is 18.3 Å². The molecule has 3 aliphatic rings. The van der Waals surface area contributed by atoms with E-state index in [2.05, 4.69) is 10.3 Å². The number of alkyl halides is 1. The Hall–Kier alpha value is -2.88. The van der Waals surface area contributed by atoms with Crippen LogP contribution in [0.5, 0.6) is 0 Å². The van der Waals surface area contributed by atoms with E-state index in [1.807, 2.05) is 53.9 Å². The van der Waals surface area contributed by atoms with Crippen LogP contribution in [0, 0.1) is 11.8 Å². The van der Waals surface area contributed by atoms with Crippen molar-refractivity contribution >= 4 is 23.2 Å². The third kappa shape index (κ3) is 5.90. The third-order valence-corrected chi connectivity index (χ3v) is 8.75. The highest BCUT2D eigenvalue weighted by atomic mass is 32.1. The van der Waals surface area contributed by atoms with Crippen molar-refractivity contribution in [2.45, 2.75) is 69.5 Å². The van der Waals surface area contributed by atoms with Crippen LogP contribution < -0.4 is 5.32 Å². The smallest absolute Gasteiger partial charge is 0.255 e. The lowest BCUT2D eigenvalue weighted by atomic mass is 9.77. The highest BCUT2D eigenvalue weighted by Crippen LogP contribution is 2.43. The number of hydrogen-bond donors (Lipinski definition) is 3. The Morgan fingerprint density at radius 1 is 1.18 bits per heavy atom. The summed E-state index contributed by atoms with van der Waals surface area (Å²) in [6.07, 6.45) is 5.22. The third-order valence-electron chi connectivity index (χ3n) is 7.85. The van der Waals surface area contributed by atoms with Crippen LogP contribution in [0.3, 0.4) is 0 Å². The van der Waals surface area contributed by atoms with E-state index >= 15 is 0 Å². The zero-order valence-electron chi connectivity index (χ0n) is 21.2. The fraction of sp³-hybridized carbons (Fsp3) is 0.483. The minimum absolute atomic E-state index is 0.0430. The van der Waals surface area contributed by atoms with Gasteiger partial charge in [0, 0.05) is 24.3 Å². The number of allylic oxidation sites excluding steroid dienone is 3. The molecule has 202 valence electrons. The molecule has 3 N–H and O–H groups in total. The summed E-state index contributed by atoms with van der Waals surface area (Å²) in [6, 6.07) is 9.61. The summed E-state index contributed by atoms with van der Waals surface area (Å²) in [4.78, 5) is 32.2. The monoisotopic (exact) mass is 539 g/mol. The lowest BCUT2D eigenvalue weighted by Gasteiger charge is -2.37. The molecule has 3 unspecified atom stereocenters. The number of thiazole rings is 1. The van der Waals surface area contributed by atoms with E-state index in [4.69, 9.17) is 0 Å². The number of aromatic nitrogens is 1. The number of amides is 2. The predicted molar refractivity (Wildman–Crippen MR) is 143 cm³/mol. The van der Waals surface area contributed by atoms with Gasteiger partial charge in [0.25, 0.3) is 11.8 Å². The number of benzene rings is 1. The minimum atomic E-state index is -1.91. The van der Waals surface area contributed by atoms with Gasteiger partial charge in [-0.05, 0) is 42.7 Å². The first kappa shape index (κ1) is 26.7. The quantitative estimate of drug-likeness (QED) is 0.478. The fourth-order valence-electron chi connectivity index (χ4n) is 5.98. The Kier molecular flexibility index (Phi) is 8.35. The van der Waals surface area contributed by atoms with Gasteiger partial charge >= 0.3 is 0 Å². The predicted octanol–water partition coefficient (Wildman–Crippen LogP) is 3.31. The summed E-state index contributed by atoms with van der Waals surface area (Å²) < 4.78 is 14.3. The molecule has 1 aromatic heterocycles. The van der Waals surface area contributed by atoms with E-state index in [0.717, 1.165) is 36.1 Å². The second kappa shape index (κ2) is 11.9. The molecule has 0 bridgehead atoms. The highest BCUT2D eigenvalue weighted by molar-refractivity contribution is 7.09. The van der Waals surface area contributed by atoms with Crippen LogP contribution in [0.25, 0.3) is 0 Å².